The molecule has 0 aromatic carbocycles. The van der Waals surface area contributed by atoms with Crippen LogP contribution >= 0.6 is 0 Å². The molecule has 0 saturated heterocycles. The molecule has 0 saturated carbocycles. The Bertz CT molecular complexity index is 9.65. The predicted octanol–water partition coefficient (Wildman–Crippen LogP) is 0.933. The minimum Gasteiger partial charge on any atom is -0.358 e. The van der Waals surface area contributed by atoms with Gasteiger partial charge in [-0.05, 0) is 0 Å². The zero-order valence-corrected chi connectivity index (χ0v) is 6.43. The van der Waals surface area contributed by atoms with Gasteiger partial charge in [0.2, 0.25) is 0 Å². The molecular weight excluding hydrogens is 181 g/mol. The Morgan fingerprint density at radius 1 is 0.571 bits per heavy atom. The second-order valence-corrected chi connectivity index (χ2v) is 0. The van der Waals surface area contributed by atoms with Crippen LogP contribution in [0.25, 0.3) is 0 Å². The van der Waals surface area contributed by atoms with Crippen molar-refractivity contribution in [1.29, 1.82) is 0 Å². The van der Waals surface area contributed by atoms with Gasteiger partial charge in [0.25, 0.3) is 0 Å². The van der Waals surface area contributed by atoms with Gasteiger partial charge in [0.15, 0.2) is 0 Å². The molecule has 0 rings (SSSR count). The molecule has 0 heterocycles. The van der Waals surface area contributed by atoms with Gasteiger partial charge in [-0.25, -0.2) is 0 Å². The van der Waals surface area contributed by atoms with E-state index in [-0.39, 0.29) is 37.2 Å². The van der Waals surface area contributed by atoms with Gasteiger partial charge in [0, 0.05) is 0 Å². The molecule has 5 heteroatoms. The third-order valence-corrected chi connectivity index (χ3v) is 0. The average molecular weight is 191 g/mol. The summed E-state index contributed by atoms with van der Waals surface area (Å²) in [5.41, 5.74) is 0. The molecule has 0 aromatic rings. The molecule has 0 unspecified atom stereocenters. The topological polar surface area (TPSA) is 80.9 Å². The van der Waals surface area contributed by atoms with Gasteiger partial charge in [-0.15, -0.1) is 0 Å². The fourth-order valence-electron chi connectivity index (χ4n) is 0. The Morgan fingerprint density at radius 3 is 0.571 bits per heavy atom. The van der Waals surface area contributed by atoms with E-state index in [0.717, 1.165) is 0 Å². The van der Waals surface area contributed by atoms with Crippen LogP contribution < -0.4 is 0 Å². The van der Waals surface area contributed by atoms with Crippen LogP contribution in [0.15, 0.2) is 0 Å². The SMILES string of the molecule is OO.OO.[CH3-].[CH3-].[Nb+2]. The van der Waals surface area contributed by atoms with E-state index in [2.05, 4.69) is 0 Å². The van der Waals surface area contributed by atoms with E-state index >= 15 is 0 Å². The molecule has 0 spiro atoms. The van der Waals surface area contributed by atoms with Crippen LogP contribution in [0, 0.1) is 14.9 Å². The van der Waals surface area contributed by atoms with Gasteiger partial charge in [-0.3, -0.25) is 21.0 Å². The summed E-state index contributed by atoms with van der Waals surface area (Å²) in [5.74, 6) is 0. The second-order valence-electron chi connectivity index (χ2n) is 0. The van der Waals surface area contributed by atoms with E-state index in [0.29, 0.717) is 0 Å². The molecule has 4 N–H and O–H groups in total. The minimum absolute atomic E-state index is 0. The largest absolute Gasteiger partial charge is 2.00 e. The second kappa shape index (κ2) is 609. The number of rotatable bonds is 0. The maximum atomic E-state index is 6.00. The Kier molecular flexibility index (Phi) is 4290. The van der Waals surface area contributed by atoms with E-state index in [9.17, 15) is 0 Å². The summed E-state index contributed by atoms with van der Waals surface area (Å²) in [6.07, 6.45) is 0. The van der Waals surface area contributed by atoms with Crippen molar-refractivity contribution in [2.75, 3.05) is 0 Å². The Hall–Kier alpha value is 0.580. The van der Waals surface area contributed by atoms with Crippen LogP contribution in [-0.2, 0) is 22.4 Å². The average Bonchev–Trinajstić information content (AvgIpc) is 1.50. The Morgan fingerprint density at radius 2 is 0.571 bits per heavy atom. The fraction of sp³-hybridized carbons (Fsp3) is 0. The van der Waals surface area contributed by atoms with Gasteiger partial charge in [0.1, 0.15) is 0 Å². The minimum atomic E-state index is 0. The Labute approximate surface area is 58.8 Å². The van der Waals surface area contributed by atoms with Crippen molar-refractivity contribution in [3.05, 3.63) is 14.9 Å². The quantitative estimate of drug-likeness (QED) is 0.199. The van der Waals surface area contributed by atoms with Gasteiger partial charge in [0.05, 0.1) is 0 Å². The molecule has 7 heavy (non-hydrogen) atoms. The van der Waals surface area contributed by atoms with Gasteiger partial charge in [-0.2, -0.15) is 0 Å². The summed E-state index contributed by atoms with van der Waals surface area (Å²) in [7, 11) is 0. The summed E-state index contributed by atoms with van der Waals surface area (Å²) in [6.45, 7) is 0. The first kappa shape index (κ1) is 49.3. The third-order valence-electron chi connectivity index (χ3n) is 0. The molecule has 0 amide bonds. The van der Waals surface area contributed by atoms with Crippen LogP contribution in [0.3, 0.4) is 0 Å². The Balaban J connectivity index is -0.00000000267. The molecule has 0 fully saturated rings. The summed E-state index contributed by atoms with van der Waals surface area (Å²) >= 11 is 0. The van der Waals surface area contributed by atoms with Crippen LogP contribution in [0.1, 0.15) is 0 Å². The first-order valence-corrected chi connectivity index (χ1v) is 0.400. The molecule has 0 aliphatic heterocycles. The molecule has 4 nitrogen and oxygen atoms in total. The van der Waals surface area contributed by atoms with E-state index < -0.39 is 0 Å². The van der Waals surface area contributed by atoms with Crippen molar-refractivity contribution in [3.63, 3.8) is 0 Å². The van der Waals surface area contributed by atoms with Gasteiger partial charge in [-0.1, -0.05) is 0 Å². The van der Waals surface area contributed by atoms with Crippen LogP contribution in [0.2, 0.25) is 0 Å². The third kappa shape index (κ3) is 410. The standard InChI is InChI=1S/2CH3.Nb.2H2O2/c;;;2*1-2/h2*1H3;;2*1-2H/q2*-1;+2;;. The zero-order chi connectivity index (χ0) is 4.00. The van der Waals surface area contributed by atoms with Gasteiger partial charge < -0.3 is 14.9 Å². The molecule has 1 radical (unpaired) electrons. The van der Waals surface area contributed by atoms with Crippen molar-refractivity contribution in [2.24, 2.45) is 0 Å². The molecule has 0 aromatic heterocycles. The first-order valence-electron chi connectivity index (χ1n) is 0.400. The summed E-state index contributed by atoms with van der Waals surface area (Å²) in [6, 6.07) is 0. The smallest absolute Gasteiger partial charge is 0.358 e. The van der Waals surface area contributed by atoms with E-state index in [4.69, 9.17) is 21.0 Å². The van der Waals surface area contributed by atoms with E-state index in [1.165, 1.54) is 0 Å². The maximum Gasteiger partial charge on any atom is 2.00 e. The number of hydrogen-bond acceptors (Lipinski definition) is 4. The van der Waals surface area contributed by atoms with Crippen molar-refractivity contribution >= 4 is 0 Å². The summed E-state index contributed by atoms with van der Waals surface area (Å²) < 4.78 is 0. The number of hydrogen-bond donors (Lipinski definition) is 4. The van der Waals surface area contributed by atoms with Crippen molar-refractivity contribution in [1.82, 2.24) is 0 Å². The summed E-state index contributed by atoms with van der Waals surface area (Å²) in [5, 5.41) is 24.0. The van der Waals surface area contributed by atoms with Crippen LogP contribution in [-0.4, -0.2) is 21.0 Å². The van der Waals surface area contributed by atoms with E-state index in [1.54, 1.807) is 0 Å². The molecular formula is C2H10NbO4. The van der Waals surface area contributed by atoms with Gasteiger partial charge >= 0.3 is 22.4 Å². The van der Waals surface area contributed by atoms with Crippen molar-refractivity contribution in [3.8, 4) is 0 Å². The molecule has 0 aliphatic carbocycles. The predicted molar refractivity (Wildman–Crippen MR) is 23.3 cm³/mol. The van der Waals surface area contributed by atoms with Crippen molar-refractivity contribution in [2.45, 2.75) is 0 Å². The molecule has 0 bridgehead atoms. The first-order chi connectivity index (χ1) is 2.00. The summed E-state index contributed by atoms with van der Waals surface area (Å²) in [4.78, 5) is 0. The molecule has 0 atom stereocenters. The maximum absolute atomic E-state index is 6.00. The zero-order valence-electron chi connectivity index (χ0n) is 4.24. The fourth-order valence-corrected chi connectivity index (χ4v) is 0. The van der Waals surface area contributed by atoms with E-state index in [1.807, 2.05) is 0 Å². The monoisotopic (exact) mass is 191 g/mol. The molecule has 47 valence electrons. The normalized spacial score (nSPS) is 1.71. The van der Waals surface area contributed by atoms with Crippen molar-refractivity contribution < 1.29 is 43.4 Å². The van der Waals surface area contributed by atoms with Crippen LogP contribution in [0.4, 0.5) is 0 Å². The molecule has 0 aliphatic rings. The van der Waals surface area contributed by atoms with Crippen LogP contribution in [0.5, 0.6) is 0 Å².